The summed E-state index contributed by atoms with van der Waals surface area (Å²) in [6.07, 6.45) is 0. The fourth-order valence-electron chi connectivity index (χ4n) is 2.60. The number of hydrogen-bond acceptors (Lipinski definition) is 7. The number of amides is 2. The molecular formula is C21H22N4O3S2. The van der Waals surface area contributed by atoms with Gasteiger partial charge in [-0.3, -0.25) is 14.9 Å². The van der Waals surface area contributed by atoms with Crippen LogP contribution < -0.4 is 15.4 Å². The maximum Gasteiger partial charge on any atom is 0.261 e. The van der Waals surface area contributed by atoms with Crippen LogP contribution in [-0.4, -0.2) is 34.4 Å². The largest absolute Gasteiger partial charge is 0.493 e. The zero-order valence-corrected chi connectivity index (χ0v) is 18.5. The number of nitrogens with zero attached hydrogens (tertiary/aromatic N) is 2. The normalized spacial score (nSPS) is 10.5. The maximum absolute atomic E-state index is 12.5. The maximum atomic E-state index is 12.5. The van der Waals surface area contributed by atoms with Crippen molar-refractivity contribution in [1.82, 2.24) is 10.2 Å². The van der Waals surface area contributed by atoms with Gasteiger partial charge in [0.1, 0.15) is 5.75 Å². The molecule has 0 atom stereocenters. The van der Waals surface area contributed by atoms with E-state index in [4.69, 9.17) is 4.74 Å². The van der Waals surface area contributed by atoms with Gasteiger partial charge in [0.05, 0.1) is 17.9 Å². The Bertz CT molecular complexity index is 1050. The lowest BCUT2D eigenvalue weighted by atomic mass is 10.1. The number of nitrogens with one attached hydrogen (secondary N) is 2. The molecular weight excluding hydrogens is 420 g/mol. The molecule has 30 heavy (non-hydrogen) atoms. The molecule has 0 aliphatic heterocycles. The van der Waals surface area contributed by atoms with E-state index in [2.05, 4.69) is 20.8 Å². The topological polar surface area (TPSA) is 93.2 Å². The molecule has 0 unspecified atom stereocenters. The van der Waals surface area contributed by atoms with Gasteiger partial charge < -0.3 is 10.1 Å². The first-order valence-corrected chi connectivity index (χ1v) is 11.1. The Balaban J connectivity index is 1.56. The van der Waals surface area contributed by atoms with E-state index in [0.29, 0.717) is 27.4 Å². The average molecular weight is 443 g/mol. The third-order valence-electron chi connectivity index (χ3n) is 4.05. The highest BCUT2D eigenvalue weighted by atomic mass is 32.2. The average Bonchev–Trinajstić information content (AvgIpc) is 3.17. The molecule has 9 heteroatoms. The molecule has 3 aromatic rings. The standard InChI is InChI=1S/C21H22N4O3S2/c1-4-28-17-8-6-5-7-15(17)19(27)23-20-24-25-21(30-20)29-12-18(26)22-16-11-13(2)9-10-14(16)3/h5-11H,4,12H2,1-3H3,(H,22,26)(H,23,24,27). The molecule has 1 heterocycles. The smallest absolute Gasteiger partial charge is 0.261 e. The lowest BCUT2D eigenvalue weighted by Crippen LogP contribution is -2.14. The Morgan fingerprint density at radius 2 is 1.90 bits per heavy atom. The minimum Gasteiger partial charge on any atom is -0.493 e. The SMILES string of the molecule is CCOc1ccccc1C(=O)Nc1nnc(SCC(=O)Nc2cc(C)ccc2C)s1. The number of carbonyl (C=O) groups is 2. The number of benzene rings is 2. The predicted molar refractivity (Wildman–Crippen MR) is 121 cm³/mol. The minimum absolute atomic E-state index is 0.125. The molecule has 2 amide bonds. The number of hydrogen-bond donors (Lipinski definition) is 2. The third-order valence-corrected chi connectivity index (χ3v) is 6.02. The van der Waals surface area contributed by atoms with E-state index in [0.717, 1.165) is 16.8 Å². The van der Waals surface area contributed by atoms with Crippen LogP contribution in [0.3, 0.4) is 0 Å². The van der Waals surface area contributed by atoms with Crippen molar-refractivity contribution >= 4 is 45.7 Å². The summed E-state index contributed by atoms with van der Waals surface area (Å²) in [5.41, 5.74) is 3.32. The van der Waals surface area contributed by atoms with E-state index in [9.17, 15) is 9.59 Å². The van der Waals surface area contributed by atoms with Gasteiger partial charge in [-0.25, -0.2) is 0 Å². The van der Waals surface area contributed by atoms with Crippen LogP contribution in [0.1, 0.15) is 28.4 Å². The van der Waals surface area contributed by atoms with Gasteiger partial charge in [-0.2, -0.15) is 0 Å². The van der Waals surface area contributed by atoms with Crippen LogP contribution in [0, 0.1) is 13.8 Å². The van der Waals surface area contributed by atoms with Gasteiger partial charge in [-0.15, -0.1) is 10.2 Å². The molecule has 0 bridgehead atoms. The Labute approximate surface area is 183 Å². The third kappa shape index (κ3) is 5.80. The van der Waals surface area contributed by atoms with Crippen LogP contribution in [0.15, 0.2) is 46.8 Å². The van der Waals surface area contributed by atoms with Crippen LogP contribution >= 0.6 is 23.1 Å². The molecule has 2 aromatic carbocycles. The van der Waals surface area contributed by atoms with Crippen LogP contribution in [0.25, 0.3) is 0 Å². The molecule has 0 fully saturated rings. The minimum atomic E-state index is -0.320. The predicted octanol–water partition coefficient (Wildman–Crippen LogP) is 4.54. The van der Waals surface area contributed by atoms with Crippen molar-refractivity contribution in [3.63, 3.8) is 0 Å². The molecule has 0 saturated carbocycles. The number of thioether (sulfide) groups is 1. The summed E-state index contributed by atoms with van der Waals surface area (Å²) in [5, 5.41) is 14.0. The molecule has 1 aromatic heterocycles. The summed E-state index contributed by atoms with van der Waals surface area (Å²) >= 11 is 2.49. The first-order chi connectivity index (χ1) is 14.5. The van der Waals surface area contributed by atoms with Crippen molar-refractivity contribution in [2.45, 2.75) is 25.1 Å². The second kappa shape index (κ2) is 10.2. The first-order valence-electron chi connectivity index (χ1n) is 9.33. The zero-order chi connectivity index (χ0) is 21.5. The molecule has 3 rings (SSSR count). The number of ether oxygens (including phenoxy) is 1. The van der Waals surface area contributed by atoms with Gasteiger partial charge in [-0.05, 0) is 50.1 Å². The highest BCUT2D eigenvalue weighted by Gasteiger charge is 2.15. The van der Waals surface area contributed by atoms with Crippen molar-refractivity contribution in [1.29, 1.82) is 0 Å². The highest BCUT2D eigenvalue weighted by Crippen LogP contribution is 2.27. The molecule has 7 nitrogen and oxygen atoms in total. The van der Waals surface area contributed by atoms with Gasteiger partial charge in [0.15, 0.2) is 4.34 Å². The second-order valence-corrected chi connectivity index (χ2v) is 8.61. The van der Waals surface area contributed by atoms with Crippen molar-refractivity contribution in [3.05, 3.63) is 59.2 Å². The molecule has 0 radical (unpaired) electrons. The number of rotatable bonds is 8. The zero-order valence-electron chi connectivity index (χ0n) is 16.9. The lowest BCUT2D eigenvalue weighted by molar-refractivity contribution is -0.113. The van der Waals surface area contributed by atoms with Crippen molar-refractivity contribution in [2.75, 3.05) is 23.0 Å². The summed E-state index contributed by atoms with van der Waals surface area (Å²) in [4.78, 5) is 24.8. The van der Waals surface area contributed by atoms with Crippen molar-refractivity contribution in [3.8, 4) is 5.75 Å². The van der Waals surface area contributed by atoms with Gasteiger partial charge >= 0.3 is 0 Å². The van der Waals surface area contributed by atoms with E-state index in [1.54, 1.807) is 18.2 Å². The van der Waals surface area contributed by atoms with Crippen LogP contribution in [-0.2, 0) is 4.79 Å². The van der Waals surface area contributed by atoms with Gasteiger partial charge in [0.25, 0.3) is 5.91 Å². The summed E-state index contributed by atoms with van der Waals surface area (Å²) in [6, 6.07) is 12.9. The fraction of sp³-hybridized carbons (Fsp3) is 0.238. The molecule has 156 valence electrons. The molecule has 0 aliphatic carbocycles. The van der Waals surface area contributed by atoms with Crippen LogP contribution in [0.4, 0.5) is 10.8 Å². The van der Waals surface area contributed by atoms with E-state index >= 15 is 0 Å². The summed E-state index contributed by atoms with van der Waals surface area (Å²) in [7, 11) is 0. The quantitative estimate of drug-likeness (QED) is 0.393. The monoisotopic (exact) mass is 442 g/mol. The Morgan fingerprint density at radius 3 is 2.70 bits per heavy atom. The van der Waals surface area contributed by atoms with Crippen LogP contribution in [0.5, 0.6) is 5.75 Å². The lowest BCUT2D eigenvalue weighted by Gasteiger charge is -2.08. The number of para-hydroxylation sites is 1. The second-order valence-electron chi connectivity index (χ2n) is 6.41. The number of aromatic nitrogens is 2. The number of anilines is 2. The Kier molecular flexibility index (Phi) is 7.42. The molecule has 0 spiro atoms. The molecule has 0 saturated heterocycles. The molecule has 0 aliphatic rings. The summed E-state index contributed by atoms with van der Waals surface area (Å²) in [6.45, 7) is 6.26. The summed E-state index contributed by atoms with van der Waals surface area (Å²) < 4.78 is 6.09. The number of carbonyl (C=O) groups excluding carboxylic acids is 2. The van der Waals surface area contributed by atoms with E-state index in [1.165, 1.54) is 23.1 Å². The molecule has 2 N–H and O–H groups in total. The van der Waals surface area contributed by atoms with Crippen molar-refractivity contribution < 1.29 is 14.3 Å². The van der Waals surface area contributed by atoms with Crippen LogP contribution in [0.2, 0.25) is 0 Å². The number of aryl methyl sites for hydroxylation is 2. The van der Waals surface area contributed by atoms with Crippen molar-refractivity contribution in [2.24, 2.45) is 0 Å². The van der Waals surface area contributed by atoms with Gasteiger partial charge in [-0.1, -0.05) is 47.4 Å². The highest BCUT2D eigenvalue weighted by molar-refractivity contribution is 8.01. The van der Waals surface area contributed by atoms with Gasteiger partial charge in [0, 0.05) is 5.69 Å². The van der Waals surface area contributed by atoms with E-state index in [-0.39, 0.29) is 17.6 Å². The van der Waals surface area contributed by atoms with E-state index < -0.39 is 0 Å². The summed E-state index contributed by atoms with van der Waals surface area (Å²) in [5.74, 6) is 0.266. The Morgan fingerprint density at radius 1 is 1.10 bits per heavy atom. The Hall–Kier alpha value is -2.91. The fourth-order valence-corrected chi connectivity index (χ4v) is 4.15. The first kappa shape index (κ1) is 21.8. The van der Waals surface area contributed by atoms with E-state index in [1.807, 2.05) is 45.0 Å². The van der Waals surface area contributed by atoms with Gasteiger partial charge in [0.2, 0.25) is 11.0 Å².